The number of carboxylic acids is 1. The number of amides is 1. The summed E-state index contributed by atoms with van der Waals surface area (Å²) >= 11 is 0. The fourth-order valence-corrected chi connectivity index (χ4v) is 1.92. The second-order valence-electron chi connectivity index (χ2n) is 4.54. The fourth-order valence-electron chi connectivity index (χ4n) is 1.92. The molecule has 1 amide bonds. The molecule has 20 heavy (non-hydrogen) atoms. The van der Waals surface area contributed by atoms with E-state index in [1.165, 1.54) is 12.1 Å². The number of anilines is 1. The molecule has 5 nitrogen and oxygen atoms in total. The van der Waals surface area contributed by atoms with Crippen LogP contribution >= 0.6 is 0 Å². The lowest BCUT2D eigenvalue weighted by Gasteiger charge is -2.07. The quantitative estimate of drug-likeness (QED) is 0.898. The van der Waals surface area contributed by atoms with Gasteiger partial charge in [-0.05, 0) is 38.1 Å². The number of carbonyl (C=O) groups is 2. The number of nitrogens with zero attached hydrogens (tertiary/aromatic N) is 1. The van der Waals surface area contributed by atoms with Crippen molar-refractivity contribution >= 4 is 17.7 Å². The lowest BCUT2D eigenvalue weighted by molar-refractivity contribution is 0.0690. The van der Waals surface area contributed by atoms with E-state index in [-0.39, 0.29) is 17.4 Å². The molecule has 2 rings (SSSR count). The Labute approximate surface area is 116 Å². The van der Waals surface area contributed by atoms with E-state index >= 15 is 0 Å². The Hall–Kier alpha value is -2.69. The highest BCUT2D eigenvalue weighted by Crippen LogP contribution is 2.12. The standard InChI is InChI=1S/C15H14N2O3/c1-9-6-10(2)8-11(7-9)14(18)17-13-5-3-4-12(16-13)15(19)20/h3-8H,1-2H3,(H,19,20)(H,16,17,18). The van der Waals surface area contributed by atoms with Gasteiger partial charge in [0.25, 0.3) is 5.91 Å². The molecule has 0 aliphatic heterocycles. The average molecular weight is 270 g/mol. The topological polar surface area (TPSA) is 79.3 Å². The van der Waals surface area contributed by atoms with Crippen molar-refractivity contribution in [1.82, 2.24) is 4.98 Å². The number of pyridine rings is 1. The van der Waals surface area contributed by atoms with E-state index in [0.717, 1.165) is 11.1 Å². The first-order valence-electron chi connectivity index (χ1n) is 6.06. The third-order valence-electron chi connectivity index (χ3n) is 2.69. The molecule has 0 fully saturated rings. The number of nitrogens with one attached hydrogen (secondary N) is 1. The van der Waals surface area contributed by atoms with Crippen LogP contribution in [-0.4, -0.2) is 22.0 Å². The highest BCUT2D eigenvalue weighted by molar-refractivity contribution is 6.04. The van der Waals surface area contributed by atoms with Crippen molar-refractivity contribution in [3.05, 3.63) is 58.8 Å². The molecule has 0 aliphatic rings. The van der Waals surface area contributed by atoms with Crippen LogP contribution in [0.15, 0.2) is 36.4 Å². The molecule has 0 saturated carbocycles. The maximum absolute atomic E-state index is 12.1. The SMILES string of the molecule is Cc1cc(C)cc(C(=O)Nc2cccc(C(=O)O)n2)c1. The molecule has 0 saturated heterocycles. The monoisotopic (exact) mass is 270 g/mol. The molecule has 5 heteroatoms. The van der Waals surface area contributed by atoms with E-state index in [0.29, 0.717) is 5.56 Å². The normalized spacial score (nSPS) is 10.1. The Kier molecular flexibility index (Phi) is 3.79. The van der Waals surface area contributed by atoms with E-state index in [1.807, 2.05) is 19.9 Å². The van der Waals surface area contributed by atoms with Crippen LogP contribution in [-0.2, 0) is 0 Å². The third-order valence-corrected chi connectivity index (χ3v) is 2.69. The molecule has 0 bridgehead atoms. The van der Waals surface area contributed by atoms with Gasteiger partial charge in [-0.1, -0.05) is 23.3 Å². The van der Waals surface area contributed by atoms with E-state index in [9.17, 15) is 9.59 Å². The van der Waals surface area contributed by atoms with Crippen LogP contribution < -0.4 is 5.32 Å². The second kappa shape index (κ2) is 5.52. The summed E-state index contributed by atoms with van der Waals surface area (Å²) < 4.78 is 0. The predicted octanol–water partition coefficient (Wildman–Crippen LogP) is 2.65. The molecule has 0 unspecified atom stereocenters. The van der Waals surface area contributed by atoms with Crippen molar-refractivity contribution in [2.24, 2.45) is 0 Å². The fraction of sp³-hybridized carbons (Fsp3) is 0.133. The van der Waals surface area contributed by atoms with Crippen molar-refractivity contribution in [2.75, 3.05) is 5.32 Å². The Balaban J connectivity index is 2.23. The van der Waals surface area contributed by atoms with Crippen LogP contribution in [0.4, 0.5) is 5.82 Å². The molecule has 2 N–H and O–H groups in total. The Morgan fingerprint density at radius 3 is 2.35 bits per heavy atom. The highest BCUT2D eigenvalue weighted by Gasteiger charge is 2.10. The van der Waals surface area contributed by atoms with Crippen molar-refractivity contribution in [2.45, 2.75) is 13.8 Å². The zero-order valence-corrected chi connectivity index (χ0v) is 11.2. The van der Waals surface area contributed by atoms with Crippen LogP contribution in [0.5, 0.6) is 0 Å². The largest absolute Gasteiger partial charge is 0.477 e. The number of hydrogen-bond acceptors (Lipinski definition) is 3. The molecule has 0 spiro atoms. The van der Waals surface area contributed by atoms with E-state index < -0.39 is 5.97 Å². The second-order valence-corrected chi connectivity index (χ2v) is 4.54. The molecular formula is C15H14N2O3. The number of aryl methyl sites for hydroxylation is 2. The minimum absolute atomic E-state index is 0.108. The summed E-state index contributed by atoms with van der Waals surface area (Å²) in [5.41, 5.74) is 2.39. The Morgan fingerprint density at radius 2 is 1.75 bits per heavy atom. The van der Waals surface area contributed by atoms with Crippen LogP contribution in [0.1, 0.15) is 32.0 Å². The van der Waals surface area contributed by atoms with Gasteiger partial charge in [0.1, 0.15) is 5.82 Å². The summed E-state index contributed by atoms with van der Waals surface area (Å²) in [5, 5.41) is 11.5. The highest BCUT2D eigenvalue weighted by atomic mass is 16.4. The van der Waals surface area contributed by atoms with Gasteiger partial charge >= 0.3 is 5.97 Å². The molecular weight excluding hydrogens is 256 g/mol. The Bertz CT molecular complexity index is 660. The van der Waals surface area contributed by atoms with E-state index in [1.54, 1.807) is 18.2 Å². The summed E-state index contributed by atoms with van der Waals surface area (Å²) in [6.45, 7) is 3.82. The minimum atomic E-state index is -1.13. The number of hydrogen-bond donors (Lipinski definition) is 2. The number of carboxylic acid groups (broad SMARTS) is 1. The molecule has 2 aromatic rings. The summed E-state index contributed by atoms with van der Waals surface area (Å²) in [5.74, 6) is -1.23. The Morgan fingerprint density at radius 1 is 1.10 bits per heavy atom. The van der Waals surface area contributed by atoms with Crippen LogP contribution in [0.3, 0.4) is 0 Å². The van der Waals surface area contributed by atoms with Crippen molar-refractivity contribution in [1.29, 1.82) is 0 Å². The number of benzene rings is 1. The molecule has 1 heterocycles. The molecule has 1 aromatic carbocycles. The number of rotatable bonds is 3. The van der Waals surface area contributed by atoms with Gasteiger partial charge in [0.05, 0.1) is 0 Å². The summed E-state index contributed by atoms with van der Waals surface area (Å²) in [6.07, 6.45) is 0. The minimum Gasteiger partial charge on any atom is -0.477 e. The third kappa shape index (κ3) is 3.20. The predicted molar refractivity (Wildman–Crippen MR) is 75.1 cm³/mol. The number of carbonyl (C=O) groups excluding carboxylic acids is 1. The van der Waals surface area contributed by atoms with Gasteiger partial charge < -0.3 is 10.4 Å². The zero-order valence-electron chi connectivity index (χ0n) is 11.2. The number of aromatic carboxylic acids is 1. The summed E-state index contributed by atoms with van der Waals surface area (Å²) in [4.78, 5) is 26.8. The first kappa shape index (κ1) is 13.7. The number of aromatic nitrogens is 1. The van der Waals surface area contributed by atoms with Crippen LogP contribution in [0.25, 0.3) is 0 Å². The average Bonchev–Trinajstić information content (AvgIpc) is 2.37. The van der Waals surface area contributed by atoms with E-state index in [4.69, 9.17) is 5.11 Å². The first-order chi connectivity index (χ1) is 9.45. The smallest absolute Gasteiger partial charge is 0.354 e. The maximum atomic E-state index is 12.1. The van der Waals surface area contributed by atoms with Gasteiger partial charge in [-0.25, -0.2) is 9.78 Å². The van der Waals surface area contributed by atoms with Gasteiger partial charge in [0, 0.05) is 5.56 Å². The molecule has 0 atom stereocenters. The molecule has 0 radical (unpaired) electrons. The van der Waals surface area contributed by atoms with Crippen molar-refractivity contribution in [3.8, 4) is 0 Å². The molecule has 1 aromatic heterocycles. The molecule has 0 aliphatic carbocycles. The van der Waals surface area contributed by atoms with Gasteiger partial charge in [-0.15, -0.1) is 0 Å². The van der Waals surface area contributed by atoms with Crippen molar-refractivity contribution in [3.63, 3.8) is 0 Å². The lowest BCUT2D eigenvalue weighted by Crippen LogP contribution is -2.14. The van der Waals surface area contributed by atoms with Crippen LogP contribution in [0, 0.1) is 13.8 Å². The van der Waals surface area contributed by atoms with Gasteiger partial charge in [0.2, 0.25) is 0 Å². The summed E-state index contributed by atoms with van der Waals surface area (Å²) in [7, 11) is 0. The lowest BCUT2D eigenvalue weighted by atomic mass is 10.1. The van der Waals surface area contributed by atoms with E-state index in [2.05, 4.69) is 10.3 Å². The first-order valence-corrected chi connectivity index (χ1v) is 6.06. The van der Waals surface area contributed by atoms with Gasteiger partial charge in [0.15, 0.2) is 5.69 Å². The van der Waals surface area contributed by atoms with Crippen LogP contribution in [0.2, 0.25) is 0 Å². The summed E-state index contributed by atoms with van der Waals surface area (Å²) in [6, 6.07) is 9.96. The zero-order chi connectivity index (χ0) is 14.7. The van der Waals surface area contributed by atoms with Gasteiger partial charge in [-0.3, -0.25) is 4.79 Å². The maximum Gasteiger partial charge on any atom is 0.354 e. The van der Waals surface area contributed by atoms with Crippen molar-refractivity contribution < 1.29 is 14.7 Å². The molecule has 102 valence electrons. The van der Waals surface area contributed by atoms with Gasteiger partial charge in [-0.2, -0.15) is 0 Å².